The second kappa shape index (κ2) is 40.8. The summed E-state index contributed by atoms with van der Waals surface area (Å²) in [5, 5.41) is 47.7. The monoisotopic (exact) mass is 617 g/mol. The molecule has 0 aromatic carbocycles. The number of carboxylic acid groups (broad SMARTS) is 3. The van der Waals surface area contributed by atoms with Gasteiger partial charge in [0.1, 0.15) is 6.10 Å². The van der Waals surface area contributed by atoms with Gasteiger partial charge in [-0.2, -0.15) is 0 Å². The molecule has 0 spiro atoms. The molecule has 0 heterocycles. The highest BCUT2D eigenvalue weighted by Crippen LogP contribution is 1.82. The van der Waals surface area contributed by atoms with Gasteiger partial charge in [-0.3, -0.25) is 0 Å². The Morgan fingerprint density at radius 1 is 0.571 bits per heavy atom. The number of rotatable bonds is 8. The predicted molar refractivity (Wildman–Crippen MR) is 151 cm³/mol. The number of carbonyl (C=O) groups is 6. The van der Waals surface area contributed by atoms with Crippen molar-refractivity contribution >= 4 is 36.2 Å². The molecular formula is C24H47N3O15. The molecule has 0 saturated heterocycles. The van der Waals surface area contributed by atoms with Crippen LogP contribution in [0.4, 0.5) is 14.4 Å². The van der Waals surface area contributed by atoms with E-state index in [4.69, 9.17) is 30.6 Å². The zero-order valence-corrected chi connectivity index (χ0v) is 24.8. The van der Waals surface area contributed by atoms with Crippen molar-refractivity contribution in [2.75, 3.05) is 33.0 Å². The second-order valence-electron chi connectivity index (χ2n) is 6.53. The number of aliphatic carboxylic acids is 3. The minimum absolute atomic E-state index is 0.176. The Kier molecular flexibility index (Phi) is 52.0. The molecule has 0 aromatic heterocycles. The van der Waals surface area contributed by atoms with E-state index in [1.807, 2.05) is 0 Å². The van der Waals surface area contributed by atoms with Crippen LogP contribution in [0.2, 0.25) is 0 Å². The zero-order valence-electron chi connectivity index (χ0n) is 24.8. The van der Waals surface area contributed by atoms with Crippen molar-refractivity contribution in [3.63, 3.8) is 0 Å². The molecule has 0 unspecified atom stereocenters. The number of hydrogen-bond donors (Lipinski definition) is 9. The molecule has 248 valence electrons. The molecular weight excluding hydrogens is 570 g/mol. The van der Waals surface area contributed by atoms with Crippen molar-refractivity contribution in [3.05, 3.63) is 36.5 Å². The van der Waals surface area contributed by atoms with Gasteiger partial charge in [0.15, 0.2) is 0 Å². The molecule has 0 aliphatic heterocycles. The SMILES string of the molecule is C=C(C)C(=O)O.C=C(C)C(=O)O.C=C(C)C(=O)O.CCOC(N)=O.CCOC(N)=O.CCOC(N)=O.OCC(O)CO. The molecule has 0 rings (SSSR count). The maximum atomic E-state index is 9.60. The third-order valence-corrected chi connectivity index (χ3v) is 2.38. The van der Waals surface area contributed by atoms with Crippen LogP contribution in [0.5, 0.6) is 0 Å². The molecule has 18 heteroatoms. The summed E-state index contributed by atoms with van der Waals surface area (Å²) in [7, 11) is 0. The number of carbonyl (C=O) groups excluding carboxylic acids is 3. The van der Waals surface area contributed by atoms with E-state index >= 15 is 0 Å². The lowest BCUT2D eigenvalue weighted by Gasteiger charge is -1.96. The highest BCUT2D eigenvalue weighted by molar-refractivity contribution is 5.85. The largest absolute Gasteiger partial charge is 0.478 e. The summed E-state index contributed by atoms with van der Waals surface area (Å²) < 4.78 is 12.5. The summed E-state index contributed by atoms with van der Waals surface area (Å²) in [6.45, 7) is 19.2. The van der Waals surface area contributed by atoms with Gasteiger partial charge in [-0.25, -0.2) is 28.8 Å². The van der Waals surface area contributed by atoms with E-state index in [9.17, 15) is 28.8 Å². The Morgan fingerprint density at radius 3 is 0.714 bits per heavy atom. The number of carboxylic acids is 3. The highest BCUT2D eigenvalue weighted by atomic mass is 16.6. The summed E-state index contributed by atoms with van der Waals surface area (Å²) in [5.41, 5.74) is 14.2. The van der Waals surface area contributed by atoms with E-state index in [1.165, 1.54) is 20.8 Å². The molecule has 0 radical (unpaired) electrons. The average molecular weight is 618 g/mol. The van der Waals surface area contributed by atoms with Crippen LogP contribution in [0.3, 0.4) is 0 Å². The van der Waals surface area contributed by atoms with Crippen molar-refractivity contribution in [2.24, 2.45) is 17.2 Å². The molecule has 0 aromatic rings. The Morgan fingerprint density at radius 2 is 0.714 bits per heavy atom. The van der Waals surface area contributed by atoms with Crippen LogP contribution < -0.4 is 17.2 Å². The number of primary amides is 3. The first-order valence-electron chi connectivity index (χ1n) is 11.4. The van der Waals surface area contributed by atoms with Crippen molar-refractivity contribution < 1.29 is 73.6 Å². The van der Waals surface area contributed by atoms with Gasteiger partial charge in [-0.1, -0.05) is 19.7 Å². The minimum Gasteiger partial charge on any atom is -0.478 e. The number of aliphatic hydroxyl groups excluding tert-OH is 3. The Hall–Kier alpha value is -4.68. The van der Waals surface area contributed by atoms with E-state index in [-0.39, 0.29) is 29.9 Å². The fourth-order valence-electron chi connectivity index (χ4n) is 0.485. The number of hydrogen-bond acceptors (Lipinski definition) is 12. The number of amides is 3. The van der Waals surface area contributed by atoms with Crippen molar-refractivity contribution in [3.8, 4) is 0 Å². The molecule has 0 saturated carbocycles. The third kappa shape index (κ3) is 101. The topological polar surface area (TPSA) is 330 Å². The van der Waals surface area contributed by atoms with Crippen molar-refractivity contribution in [2.45, 2.75) is 47.6 Å². The van der Waals surface area contributed by atoms with Crippen LogP contribution in [0.15, 0.2) is 36.5 Å². The van der Waals surface area contributed by atoms with Gasteiger partial charge >= 0.3 is 36.2 Å². The number of aliphatic hydroxyl groups is 3. The Bertz CT molecular complexity index is 665. The summed E-state index contributed by atoms with van der Waals surface area (Å²) in [5.74, 6) is -2.81. The molecule has 3 amide bonds. The van der Waals surface area contributed by atoms with Gasteiger partial charge in [0.05, 0.1) is 33.0 Å². The van der Waals surface area contributed by atoms with Gasteiger partial charge in [-0.15, -0.1) is 0 Å². The van der Waals surface area contributed by atoms with Crippen molar-refractivity contribution in [1.82, 2.24) is 0 Å². The van der Waals surface area contributed by atoms with Gasteiger partial charge in [0, 0.05) is 16.7 Å². The second-order valence-corrected chi connectivity index (χ2v) is 6.53. The summed E-state index contributed by atoms with van der Waals surface area (Å²) in [6.07, 6.45) is -3.09. The van der Waals surface area contributed by atoms with Crippen LogP contribution in [0.1, 0.15) is 41.5 Å². The van der Waals surface area contributed by atoms with Crippen molar-refractivity contribution in [1.29, 1.82) is 0 Å². The number of ether oxygens (including phenoxy) is 3. The summed E-state index contributed by atoms with van der Waals surface area (Å²) >= 11 is 0. The van der Waals surface area contributed by atoms with Crippen LogP contribution in [0.25, 0.3) is 0 Å². The number of nitrogens with two attached hydrogens (primary N) is 3. The maximum absolute atomic E-state index is 9.60. The lowest BCUT2D eigenvalue weighted by Crippen LogP contribution is -2.15. The third-order valence-electron chi connectivity index (χ3n) is 2.38. The predicted octanol–water partition coefficient (Wildman–Crippen LogP) is 0.578. The molecule has 42 heavy (non-hydrogen) atoms. The van der Waals surface area contributed by atoms with E-state index < -0.39 is 42.3 Å². The fraction of sp³-hybridized carbons (Fsp3) is 0.500. The fourth-order valence-corrected chi connectivity index (χ4v) is 0.485. The molecule has 18 nitrogen and oxygen atoms in total. The van der Waals surface area contributed by atoms with Gasteiger partial charge < -0.3 is 62.1 Å². The molecule has 0 bridgehead atoms. The lowest BCUT2D eigenvalue weighted by molar-refractivity contribution is -0.133. The van der Waals surface area contributed by atoms with E-state index in [2.05, 4.69) is 51.1 Å². The minimum atomic E-state index is -0.954. The quantitative estimate of drug-likeness (QED) is 0.133. The van der Waals surface area contributed by atoms with Gasteiger partial charge in [0.2, 0.25) is 0 Å². The van der Waals surface area contributed by atoms with Gasteiger partial charge in [0.25, 0.3) is 0 Å². The Labute approximate surface area is 244 Å². The van der Waals surface area contributed by atoms with E-state index in [0.29, 0.717) is 19.8 Å². The smallest absolute Gasteiger partial charge is 0.404 e. The first kappa shape index (κ1) is 53.6. The molecule has 0 aliphatic carbocycles. The summed E-state index contributed by atoms with van der Waals surface area (Å²) in [4.78, 5) is 57.6. The van der Waals surface area contributed by atoms with Gasteiger partial charge in [-0.05, 0) is 41.5 Å². The first-order valence-corrected chi connectivity index (χ1v) is 11.4. The first-order chi connectivity index (χ1) is 19.0. The van der Waals surface area contributed by atoms with Crippen LogP contribution in [-0.4, -0.2) is 106 Å². The average Bonchev–Trinajstić information content (AvgIpc) is 2.85. The highest BCUT2D eigenvalue weighted by Gasteiger charge is 1.94. The van der Waals surface area contributed by atoms with Crippen LogP contribution in [-0.2, 0) is 28.6 Å². The zero-order chi connectivity index (χ0) is 35.4. The molecule has 0 fully saturated rings. The molecule has 12 N–H and O–H groups in total. The van der Waals surface area contributed by atoms with E-state index in [0.717, 1.165) is 0 Å². The van der Waals surface area contributed by atoms with Crippen LogP contribution in [0, 0.1) is 0 Å². The summed E-state index contributed by atoms with van der Waals surface area (Å²) in [6, 6.07) is 0. The molecule has 0 aliphatic rings. The van der Waals surface area contributed by atoms with E-state index in [1.54, 1.807) is 20.8 Å². The standard InChI is InChI=1S/3C4H6O2.3C3H7NO2.C3H8O3/c3*1-3(2)4(5)6;3*1-2-6-3(4)5;4-1-3(6)2-5/h3*1H2,2H3,(H,5,6);3*2H2,1H3,(H2,4,5);3-6H,1-2H2. The normalized spacial score (nSPS) is 7.86. The van der Waals surface area contributed by atoms with Crippen LogP contribution >= 0.6 is 0 Å². The Balaban J connectivity index is -0.0000000681. The maximum Gasteiger partial charge on any atom is 0.404 e. The molecule has 0 atom stereocenters. The lowest BCUT2D eigenvalue weighted by atomic mass is 10.4.